The van der Waals surface area contributed by atoms with Crippen molar-refractivity contribution in [1.29, 1.82) is 0 Å². The third kappa shape index (κ3) is 3.49. The van der Waals surface area contributed by atoms with Gasteiger partial charge in [0.2, 0.25) is 0 Å². The summed E-state index contributed by atoms with van der Waals surface area (Å²) in [5, 5.41) is 0. The van der Waals surface area contributed by atoms with Crippen molar-refractivity contribution in [3.05, 3.63) is 0 Å². The second kappa shape index (κ2) is 6.60. The Hall–Kier alpha value is -0.520. The minimum atomic E-state index is 0.0868. The van der Waals surface area contributed by atoms with E-state index in [2.05, 4.69) is 12.8 Å². The first-order chi connectivity index (χ1) is 4.93. The topological polar surface area (TPSA) is 18.5 Å². The molecule has 1 saturated heterocycles. The zero-order chi connectivity index (χ0) is 7.82. The fourth-order valence-corrected chi connectivity index (χ4v) is 0.897. The fraction of sp³-hybridized carbons (Fsp3) is 0.750. The van der Waals surface area contributed by atoms with Crippen LogP contribution in [0.2, 0.25) is 0 Å². The fourth-order valence-electron chi connectivity index (χ4n) is 0.897. The molecule has 0 aromatic rings. The molecule has 1 atom stereocenters. The Balaban J connectivity index is 0.000000371. The zero-order valence-electron chi connectivity index (χ0n) is 6.38. The van der Waals surface area contributed by atoms with Crippen molar-refractivity contribution in [2.24, 2.45) is 0 Å². The van der Waals surface area contributed by atoms with E-state index in [4.69, 9.17) is 9.47 Å². The molecule has 0 unspecified atom stereocenters. The molecule has 1 aliphatic heterocycles. The third-order valence-corrected chi connectivity index (χ3v) is 1.40. The highest BCUT2D eigenvalue weighted by molar-refractivity contribution is 4.52. The van der Waals surface area contributed by atoms with E-state index in [0.717, 1.165) is 13.0 Å². The summed E-state index contributed by atoms with van der Waals surface area (Å²) in [4.78, 5) is 0. The van der Waals surface area contributed by atoms with Crippen molar-refractivity contribution in [3.8, 4) is 12.8 Å². The minimum Gasteiger partial charge on any atom is -0.356 e. The standard InChI is InChI=1S/C6H12O2.C2H2/c1-7-6-4-2-3-5-8-6;1-2/h6H,2-5H2,1H3;1-2H/t6-;/m1./s1. The Morgan fingerprint density at radius 1 is 1.40 bits per heavy atom. The molecule has 2 nitrogen and oxygen atoms in total. The molecule has 0 bridgehead atoms. The Labute approximate surface area is 62.5 Å². The van der Waals surface area contributed by atoms with E-state index in [-0.39, 0.29) is 6.29 Å². The van der Waals surface area contributed by atoms with Crippen LogP contribution < -0.4 is 0 Å². The van der Waals surface area contributed by atoms with Gasteiger partial charge in [-0.25, -0.2) is 0 Å². The zero-order valence-corrected chi connectivity index (χ0v) is 6.38. The molecule has 1 heterocycles. The molecule has 0 spiro atoms. The largest absolute Gasteiger partial charge is 0.356 e. The predicted octanol–water partition coefficient (Wildman–Crippen LogP) is 1.41. The summed E-state index contributed by atoms with van der Waals surface area (Å²) in [5.74, 6) is 0. The summed E-state index contributed by atoms with van der Waals surface area (Å²) in [7, 11) is 1.69. The van der Waals surface area contributed by atoms with Crippen molar-refractivity contribution in [2.75, 3.05) is 13.7 Å². The van der Waals surface area contributed by atoms with E-state index in [1.807, 2.05) is 0 Å². The lowest BCUT2D eigenvalue weighted by atomic mass is 10.2. The van der Waals surface area contributed by atoms with Crippen LogP contribution in [0.3, 0.4) is 0 Å². The van der Waals surface area contributed by atoms with Gasteiger partial charge in [0.05, 0.1) is 0 Å². The Morgan fingerprint density at radius 2 is 2.10 bits per heavy atom. The number of terminal acetylenes is 1. The summed E-state index contributed by atoms with van der Waals surface area (Å²) in [6.07, 6.45) is 11.6. The molecule has 1 rings (SSSR count). The van der Waals surface area contributed by atoms with Crippen molar-refractivity contribution < 1.29 is 9.47 Å². The lowest BCUT2D eigenvalue weighted by Gasteiger charge is -2.20. The Bertz CT molecular complexity index is 82.5. The van der Waals surface area contributed by atoms with E-state index in [1.54, 1.807) is 7.11 Å². The first-order valence-corrected chi connectivity index (χ1v) is 3.41. The molecule has 1 fully saturated rings. The maximum atomic E-state index is 5.20. The molecule has 0 saturated carbocycles. The highest BCUT2D eigenvalue weighted by Crippen LogP contribution is 2.11. The molecule has 0 aliphatic carbocycles. The van der Waals surface area contributed by atoms with Gasteiger partial charge in [-0.05, 0) is 19.3 Å². The third-order valence-electron chi connectivity index (χ3n) is 1.40. The van der Waals surface area contributed by atoms with Crippen LogP contribution in [-0.4, -0.2) is 20.0 Å². The molecule has 0 aromatic carbocycles. The molecule has 0 amide bonds. The van der Waals surface area contributed by atoms with Crippen molar-refractivity contribution in [1.82, 2.24) is 0 Å². The average Bonchev–Trinajstić information content (AvgIpc) is 2.10. The minimum absolute atomic E-state index is 0.0868. The summed E-state index contributed by atoms with van der Waals surface area (Å²) in [6.45, 7) is 0.874. The highest BCUT2D eigenvalue weighted by Gasteiger charge is 2.10. The molecular formula is C8H14O2. The van der Waals surface area contributed by atoms with E-state index in [1.165, 1.54) is 12.8 Å². The number of rotatable bonds is 1. The van der Waals surface area contributed by atoms with Gasteiger partial charge in [0.1, 0.15) is 0 Å². The van der Waals surface area contributed by atoms with Gasteiger partial charge in [0, 0.05) is 13.7 Å². The van der Waals surface area contributed by atoms with Gasteiger partial charge in [-0.2, -0.15) is 0 Å². The first kappa shape index (κ1) is 9.48. The van der Waals surface area contributed by atoms with E-state index in [9.17, 15) is 0 Å². The number of hydrogen-bond acceptors (Lipinski definition) is 2. The second-order valence-corrected chi connectivity index (χ2v) is 2.03. The molecule has 0 N–H and O–H groups in total. The quantitative estimate of drug-likeness (QED) is 0.515. The number of hydrogen-bond donors (Lipinski definition) is 0. The second-order valence-electron chi connectivity index (χ2n) is 2.03. The lowest BCUT2D eigenvalue weighted by molar-refractivity contribution is -0.145. The van der Waals surface area contributed by atoms with Crippen LogP contribution in [-0.2, 0) is 9.47 Å². The first-order valence-electron chi connectivity index (χ1n) is 3.41. The molecule has 58 valence electrons. The summed E-state index contributed by atoms with van der Waals surface area (Å²) >= 11 is 0. The van der Waals surface area contributed by atoms with Gasteiger partial charge >= 0.3 is 0 Å². The van der Waals surface area contributed by atoms with Crippen LogP contribution in [0.1, 0.15) is 19.3 Å². The molecule has 10 heavy (non-hydrogen) atoms. The molecular weight excluding hydrogens is 128 g/mol. The van der Waals surface area contributed by atoms with Crippen LogP contribution in [0, 0.1) is 12.8 Å². The maximum absolute atomic E-state index is 5.20. The average molecular weight is 142 g/mol. The number of ether oxygens (including phenoxy) is 2. The predicted molar refractivity (Wildman–Crippen MR) is 40.5 cm³/mol. The molecule has 2 heteroatoms. The lowest BCUT2D eigenvalue weighted by Crippen LogP contribution is -2.20. The summed E-state index contributed by atoms with van der Waals surface area (Å²) < 4.78 is 10.2. The van der Waals surface area contributed by atoms with E-state index < -0.39 is 0 Å². The highest BCUT2D eigenvalue weighted by atomic mass is 16.7. The van der Waals surface area contributed by atoms with Gasteiger partial charge in [-0.1, -0.05) is 0 Å². The van der Waals surface area contributed by atoms with Crippen LogP contribution in [0.4, 0.5) is 0 Å². The number of methoxy groups -OCH3 is 1. The smallest absolute Gasteiger partial charge is 0.157 e. The van der Waals surface area contributed by atoms with Crippen LogP contribution in [0.5, 0.6) is 0 Å². The van der Waals surface area contributed by atoms with Crippen LogP contribution in [0.15, 0.2) is 0 Å². The Morgan fingerprint density at radius 3 is 2.40 bits per heavy atom. The van der Waals surface area contributed by atoms with Gasteiger partial charge in [0.25, 0.3) is 0 Å². The SMILES string of the molecule is C#C.CO[C@H]1CCCCO1. The van der Waals surface area contributed by atoms with Gasteiger partial charge in [0.15, 0.2) is 6.29 Å². The van der Waals surface area contributed by atoms with Crippen molar-refractivity contribution in [2.45, 2.75) is 25.6 Å². The van der Waals surface area contributed by atoms with Crippen LogP contribution in [0.25, 0.3) is 0 Å². The molecule has 0 radical (unpaired) electrons. The van der Waals surface area contributed by atoms with Crippen molar-refractivity contribution in [3.63, 3.8) is 0 Å². The maximum Gasteiger partial charge on any atom is 0.157 e. The normalized spacial score (nSPS) is 24.5. The van der Waals surface area contributed by atoms with E-state index >= 15 is 0 Å². The van der Waals surface area contributed by atoms with Gasteiger partial charge < -0.3 is 9.47 Å². The molecule has 0 aromatic heterocycles. The summed E-state index contributed by atoms with van der Waals surface area (Å²) in [5.41, 5.74) is 0. The van der Waals surface area contributed by atoms with E-state index in [0.29, 0.717) is 0 Å². The Kier molecular flexibility index (Phi) is 6.25. The van der Waals surface area contributed by atoms with Gasteiger partial charge in [-0.3, -0.25) is 0 Å². The molecule has 1 aliphatic rings. The van der Waals surface area contributed by atoms with Gasteiger partial charge in [-0.15, -0.1) is 12.8 Å². The van der Waals surface area contributed by atoms with Crippen LogP contribution >= 0.6 is 0 Å². The summed E-state index contributed by atoms with van der Waals surface area (Å²) in [6, 6.07) is 0. The van der Waals surface area contributed by atoms with Crippen molar-refractivity contribution >= 4 is 0 Å². The monoisotopic (exact) mass is 142 g/mol.